The van der Waals surface area contributed by atoms with Crippen LogP contribution in [0.3, 0.4) is 0 Å². The SMILES string of the molecule is CCOCCC(N)Cc1cc(Cl)ccc1Cl. The van der Waals surface area contributed by atoms with Crippen molar-refractivity contribution in [3.8, 4) is 0 Å². The van der Waals surface area contributed by atoms with Gasteiger partial charge in [-0.2, -0.15) is 0 Å². The fourth-order valence-electron chi connectivity index (χ4n) is 1.46. The molecule has 1 aromatic rings. The molecule has 2 N–H and O–H groups in total. The number of nitrogens with two attached hydrogens (primary N) is 1. The third-order valence-corrected chi connectivity index (χ3v) is 2.93. The summed E-state index contributed by atoms with van der Waals surface area (Å²) < 4.78 is 5.26. The van der Waals surface area contributed by atoms with Crippen LogP contribution in [0.15, 0.2) is 18.2 Å². The Kier molecular flexibility index (Phi) is 6.14. The average molecular weight is 262 g/mol. The van der Waals surface area contributed by atoms with E-state index in [1.165, 1.54) is 0 Å². The van der Waals surface area contributed by atoms with Crippen LogP contribution in [0.4, 0.5) is 0 Å². The van der Waals surface area contributed by atoms with Crippen molar-refractivity contribution in [1.29, 1.82) is 0 Å². The molecule has 0 fully saturated rings. The Morgan fingerprint density at radius 1 is 1.38 bits per heavy atom. The lowest BCUT2D eigenvalue weighted by Gasteiger charge is -2.12. The maximum absolute atomic E-state index is 6.06. The molecule has 1 rings (SSSR count). The normalized spacial score (nSPS) is 12.8. The van der Waals surface area contributed by atoms with Crippen LogP contribution in [0.5, 0.6) is 0 Å². The molecule has 0 aliphatic heterocycles. The van der Waals surface area contributed by atoms with Gasteiger partial charge in [-0.15, -0.1) is 0 Å². The second-order valence-electron chi connectivity index (χ2n) is 3.69. The highest BCUT2D eigenvalue weighted by molar-refractivity contribution is 6.33. The number of ether oxygens (including phenoxy) is 1. The maximum Gasteiger partial charge on any atom is 0.0480 e. The van der Waals surface area contributed by atoms with Crippen LogP contribution in [0.25, 0.3) is 0 Å². The number of halogens is 2. The minimum absolute atomic E-state index is 0.0579. The molecule has 0 radical (unpaired) electrons. The van der Waals surface area contributed by atoms with Crippen molar-refractivity contribution in [3.05, 3.63) is 33.8 Å². The van der Waals surface area contributed by atoms with E-state index in [1.807, 2.05) is 13.0 Å². The number of rotatable bonds is 6. The standard InChI is InChI=1S/C12H17Cl2NO/c1-2-16-6-5-11(15)8-9-7-10(13)3-4-12(9)14/h3-4,7,11H,2,5-6,8,15H2,1H3. The molecule has 1 unspecified atom stereocenters. The van der Waals surface area contributed by atoms with Gasteiger partial charge in [-0.25, -0.2) is 0 Å². The van der Waals surface area contributed by atoms with E-state index in [1.54, 1.807) is 12.1 Å². The van der Waals surface area contributed by atoms with Crippen LogP contribution in [0.2, 0.25) is 10.0 Å². The van der Waals surface area contributed by atoms with Gasteiger partial charge < -0.3 is 10.5 Å². The summed E-state index contributed by atoms with van der Waals surface area (Å²) in [5.41, 5.74) is 6.98. The fraction of sp³-hybridized carbons (Fsp3) is 0.500. The molecular formula is C12H17Cl2NO. The van der Waals surface area contributed by atoms with Crippen LogP contribution in [0, 0.1) is 0 Å². The van der Waals surface area contributed by atoms with Crippen LogP contribution < -0.4 is 5.73 Å². The van der Waals surface area contributed by atoms with E-state index < -0.39 is 0 Å². The Morgan fingerprint density at radius 2 is 2.12 bits per heavy atom. The van der Waals surface area contributed by atoms with Gasteiger partial charge in [0.05, 0.1) is 0 Å². The zero-order chi connectivity index (χ0) is 12.0. The highest BCUT2D eigenvalue weighted by Gasteiger charge is 2.07. The first-order valence-corrected chi connectivity index (χ1v) is 6.16. The largest absolute Gasteiger partial charge is 0.382 e. The lowest BCUT2D eigenvalue weighted by Crippen LogP contribution is -2.24. The molecule has 90 valence electrons. The Balaban J connectivity index is 2.48. The Bertz CT molecular complexity index is 331. The van der Waals surface area contributed by atoms with Crippen LogP contribution >= 0.6 is 23.2 Å². The highest BCUT2D eigenvalue weighted by atomic mass is 35.5. The van der Waals surface area contributed by atoms with Crippen molar-refractivity contribution >= 4 is 23.2 Å². The molecule has 0 aromatic heterocycles. The van der Waals surface area contributed by atoms with E-state index in [2.05, 4.69) is 0 Å². The minimum atomic E-state index is 0.0579. The van der Waals surface area contributed by atoms with Crippen molar-refractivity contribution in [3.63, 3.8) is 0 Å². The van der Waals surface area contributed by atoms with E-state index in [0.29, 0.717) is 11.6 Å². The van der Waals surface area contributed by atoms with Gasteiger partial charge >= 0.3 is 0 Å². The summed E-state index contributed by atoms with van der Waals surface area (Å²) in [5.74, 6) is 0. The summed E-state index contributed by atoms with van der Waals surface area (Å²) in [6.45, 7) is 3.39. The van der Waals surface area contributed by atoms with E-state index in [-0.39, 0.29) is 6.04 Å². The van der Waals surface area contributed by atoms with Crippen molar-refractivity contribution in [1.82, 2.24) is 0 Å². The molecule has 4 heteroatoms. The summed E-state index contributed by atoms with van der Waals surface area (Å²) in [4.78, 5) is 0. The molecular weight excluding hydrogens is 245 g/mol. The lowest BCUT2D eigenvalue weighted by atomic mass is 10.0. The molecule has 0 spiro atoms. The molecule has 2 nitrogen and oxygen atoms in total. The molecule has 0 aliphatic rings. The summed E-state index contributed by atoms with van der Waals surface area (Å²) in [6, 6.07) is 5.50. The zero-order valence-electron chi connectivity index (χ0n) is 9.38. The van der Waals surface area contributed by atoms with Gasteiger partial charge in [0.1, 0.15) is 0 Å². The molecule has 0 amide bonds. The monoisotopic (exact) mass is 261 g/mol. The Morgan fingerprint density at radius 3 is 2.81 bits per heavy atom. The molecule has 1 aromatic carbocycles. The smallest absolute Gasteiger partial charge is 0.0480 e. The predicted octanol–water partition coefficient (Wildman–Crippen LogP) is 3.29. The van der Waals surface area contributed by atoms with Crippen molar-refractivity contribution in [2.45, 2.75) is 25.8 Å². The highest BCUT2D eigenvalue weighted by Crippen LogP contribution is 2.21. The van der Waals surface area contributed by atoms with E-state index in [4.69, 9.17) is 33.7 Å². The Hall–Kier alpha value is -0.280. The second kappa shape index (κ2) is 7.13. The summed E-state index contributed by atoms with van der Waals surface area (Å²) in [6.07, 6.45) is 1.56. The van der Waals surface area contributed by atoms with E-state index in [9.17, 15) is 0 Å². The van der Waals surface area contributed by atoms with Gasteiger partial charge in [0.15, 0.2) is 0 Å². The molecule has 0 saturated heterocycles. The first-order chi connectivity index (χ1) is 7.63. The van der Waals surface area contributed by atoms with Gasteiger partial charge in [0, 0.05) is 29.3 Å². The Labute approximate surface area is 107 Å². The molecule has 16 heavy (non-hydrogen) atoms. The molecule has 1 atom stereocenters. The van der Waals surface area contributed by atoms with Crippen LogP contribution in [-0.4, -0.2) is 19.3 Å². The van der Waals surface area contributed by atoms with Gasteiger partial charge in [-0.05, 0) is 43.5 Å². The summed E-state index contributed by atoms with van der Waals surface area (Å²) >= 11 is 12.0. The molecule has 0 heterocycles. The molecule has 0 aliphatic carbocycles. The van der Waals surface area contributed by atoms with Crippen molar-refractivity contribution < 1.29 is 4.74 Å². The van der Waals surface area contributed by atoms with E-state index in [0.717, 1.165) is 30.0 Å². The maximum atomic E-state index is 6.06. The first-order valence-electron chi connectivity index (χ1n) is 5.40. The average Bonchev–Trinajstić information content (AvgIpc) is 2.24. The van der Waals surface area contributed by atoms with Gasteiger partial charge in [0.25, 0.3) is 0 Å². The number of hydrogen-bond acceptors (Lipinski definition) is 2. The fourth-order valence-corrected chi connectivity index (χ4v) is 1.85. The predicted molar refractivity (Wildman–Crippen MR) is 69.3 cm³/mol. The van der Waals surface area contributed by atoms with Gasteiger partial charge in [-0.3, -0.25) is 0 Å². The van der Waals surface area contributed by atoms with Crippen molar-refractivity contribution in [2.24, 2.45) is 5.73 Å². The minimum Gasteiger partial charge on any atom is -0.382 e. The third kappa shape index (κ3) is 4.71. The van der Waals surface area contributed by atoms with Crippen LogP contribution in [-0.2, 0) is 11.2 Å². The second-order valence-corrected chi connectivity index (χ2v) is 4.53. The number of benzene rings is 1. The first kappa shape index (κ1) is 13.8. The van der Waals surface area contributed by atoms with Gasteiger partial charge in [0.2, 0.25) is 0 Å². The quantitative estimate of drug-likeness (QED) is 0.798. The summed E-state index contributed by atoms with van der Waals surface area (Å²) in [5, 5.41) is 1.41. The molecule has 0 bridgehead atoms. The third-order valence-electron chi connectivity index (χ3n) is 2.33. The topological polar surface area (TPSA) is 35.2 Å². The lowest BCUT2D eigenvalue weighted by molar-refractivity contribution is 0.140. The van der Waals surface area contributed by atoms with Gasteiger partial charge in [-0.1, -0.05) is 23.2 Å². The summed E-state index contributed by atoms with van der Waals surface area (Å²) in [7, 11) is 0. The van der Waals surface area contributed by atoms with Crippen molar-refractivity contribution in [2.75, 3.05) is 13.2 Å². The number of hydrogen-bond donors (Lipinski definition) is 1. The zero-order valence-corrected chi connectivity index (χ0v) is 10.9. The molecule has 0 saturated carbocycles. The van der Waals surface area contributed by atoms with Crippen LogP contribution in [0.1, 0.15) is 18.9 Å². The van der Waals surface area contributed by atoms with E-state index >= 15 is 0 Å².